The van der Waals surface area contributed by atoms with Gasteiger partial charge in [0.25, 0.3) is 0 Å². The lowest BCUT2D eigenvalue weighted by atomic mass is 10.3. The molecule has 1 aromatic carbocycles. The fourth-order valence-electron chi connectivity index (χ4n) is 1.41. The molecule has 0 saturated heterocycles. The summed E-state index contributed by atoms with van der Waals surface area (Å²) in [5, 5.41) is 10.8. The second-order valence-corrected chi connectivity index (χ2v) is 5.94. The Morgan fingerprint density at radius 1 is 1.33 bits per heavy atom. The zero-order valence-electron chi connectivity index (χ0n) is 11.2. The number of benzene rings is 1. The van der Waals surface area contributed by atoms with Crippen LogP contribution in [0.1, 0.15) is 13.3 Å². The van der Waals surface area contributed by atoms with E-state index < -0.39 is 38.7 Å². The molecule has 0 bridgehead atoms. The van der Waals surface area contributed by atoms with E-state index in [0.29, 0.717) is 0 Å². The van der Waals surface area contributed by atoms with E-state index in [1.165, 1.54) is 19.1 Å². The second kappa shape index (κ2) is 7.14. The first-order chi connectivity index (χ1) is 9.74. The molecule has 0 unspecified atom stereocenters. The van der Waals surface area contributed by atoms with Crippen molar-refractivity contribution in [2.45, 2.75) is 24.3 Å². The van der Waals surface area contributed by atoms with Gasteiger partial charge in [0.05, 0.1) is 0 Å². The average Bonchev–Trinajstić information content (AvgIpc) is 2.38. The Bertz CT molecular complexity index is 632. The summed E-state index contributed by atoms with van der Waals surface area (Å²) >= 11 is 0. The third-order valence-electron chi connectivity index (χ3n) is 2.52. The van der Waals surface area contributed by atoms with Crippen molar-refractivity contribution in [2.24, 2.45) is 0 Å². The first kappa shape index (κ1) is 17.1. The molecule has 21 heavy (non-hydrogen) atoms. The minimum absolute atomic E-state index is 0.259. The smallest absolute Gasteiger partial charge is 0.325 e. The molecule has 1 rings (SSSR count). The van der Waals surface area contributed by atoms with Crippen LogP contribution in [0.25, 0.3) is 0 Å². The highest BCUT2D eigenvalue weighted by Gasteiger charge is 2.19. The Labute approximate surface area is 121 Å². The molecule has 3 N–H and O–H groups in total. The number of hydrogen-bond acceptors (Lipinski definition) is 4. The van der Waals surface area contributed by atoms with Crippen LogP contribution in [0.5, 0.6) is 0 Å². The number of nitrogens with one attached hydrogen (secondary N) is 2. The number of rotatable bonds is 7. The summed E-state index contributed by atoms with van der Waals surface area (Å²) in [6.45, 7) is 1.01. The van der Waals surface area contributed by atoms with Crippen molar-refractivity contribution < 1.29 is 27.5 Å². The van der Waals surface area contributed by atoms with Crippen molar-refractivity contribution in [3.8, 4) is 0 Å². The number of carbonyl (C=O) groups excluding carboxylic acids is 1. The van der Waals surface area contributed by atoms with Crippen LogP contribution >= 0.6 is 0 Å². The molecule has 0 aliphatic rings. The summed E-state index contributed by atoms with van der Waals surface area (Å²) in [4.78, 5) is 21.4. The molecule has 0 saturated carbocycles. The summed E-state index contributed by atoms with van der Waals surface area (Å²) in [6.07, 6.45) is -0.259. The summed E-state index contributed by atoms with van der Waals surface area (Å²) in [5.74, 6) is -2.72. The fraction of sp³-hybridized carbons (Fsp3) is 0.333. The van der Waals surface area contributed by atoms with Gasteiger partial charge in [-0.15, -0.1) is 0 Å². The van der Waals surface area contributed by atoms with E-state index in [2.05, 4.69) is 10.0 Å². The molecule has 0 aliphatic carbocycles. The zero-order chi connectivity index (χ0) is 16.0. The standard InChI is InChI=1S/C12H15FN2O5S/c1-8(12(17)18)15-11(16)6-7-14-21(19,20)10-5-3-2-4-9(10)13/h2-5,8,14H,6-7H2,1H3,(H,15,16)(H,17,18)/t8-/m0/s1. The molecule has 0 radical (unpaired) electrons. The van der Waals surface area contributed by atoms with E-state index in [1.807, 2.05) is 0 Å². The van der Waals surface area contributed by atoms with E-state index in [1.54, 1.807) is 0 Å². The van der Waals surface area contributed by atoms with Gasteiger partial charge in [0.2, 0.25) is 15.9 Å². The summed E-state index contributed by atoms with van der Waals surface area (Å²) in [6, 6.07) is 3.77. The van der Waals surface area contributed by atoms with Crippen LogP contribution in [0.2, 0.25) is 0 Å². The van der Waals surface area contributed by atoms with Gasteiger partial charge in [-0.25, -0.2) is 17.5 Å². The normalized spacial score (nSPS) is 12.7. The van der Waals surface area contributed by atoms with Gasteiger partial charge in [0.1, 0.15) is 16.8 Å². The van der Waals surface area contributed by atoms with Gasteiger partial charge in [-0.2, -0.15) is 0 Å². The van der Waals surface area contributed by atoms with Crippen LogP contribution in [-0.4, -0.2) is 38.0 Å². The highest BCUT2D eigenvalue weighted by Crippen LogP contribution is 2.12. The van der Waals surface area contributed by atoms with Gasteiger partial charge >= 0.3 is 5.97 Å². The molecule has 0 fully saturated rings. The van der Waals surface area contributed by atoms with E-state index >= 15 is 0 Å². The van der Waals surface area contributed by atoms with Gasteiger partial charge in [0.15, 0.2) is 0 Å². The molecule has 9 heteroatoms. The van der Waals surface area contributed by atoms with Crippen molar-refractivity contribution in [1.82, 2.24) is 10.0 Å². The van der Waals surface area contributed by atoms with Crippen LogP contribution in [-0.2, 0) is 19.6 Å². The Hall–Kier alpha value is -2.00. The monoisotopic (exact) mass is 318 g/mol. The Morgan fingerprint density at radius 3 is 2.52 bits per heavy atom. The third kappa shape index (κ3) is 5.12. The number of halogens is 1. The summed E-state index contributed by atoms with van der Waals surface area (Å²) < 4.78 is 39.0. The maximum Gasteiger partial charge on any atom is 0.325 e. The third-order valence-corrected chi connectivity index (χ3v) is 4.01. The Kier molecular flexibility index (Phi) is 5.79. The van der Waals surface area contributed by atoms with Crippen LogP contribution < -0.4 is 10.0 Å². The number of carboxylic acid groups (broad SMARTS) is 1. The van der Waals surface area contributed by atoms with Crippen LogP contribution in [0.15, 0.2) is 29.2 Å². The average molecular weight is 318 g/mol. The number of hydrogen-bond donors (Lipinski definition) is 3. The largest absolute Gasteiger partial charge is 0.480 e. The lowest BCUT2D eigenvalue weighted by Gasteiger charge is -2.10. The molecule has 1 atom stereocenters. The number of carboxylic acids is 1. The second-order valence-electron chi connectivity index (χ2n) is 4.21. The predicted molar refractivity (Wildman–Crippen MR) is 71.4 cm³/mol. The maximum absolute atomic E-state index is 13.4. The number of aliphatic carboxylic acids is 1. The predicted octanol–water partition coefficient (Wildman–Crippen LogP) is 0.0834. The molecule has 0 heterocycles. The lowest BCUT2D eigenvalue weighted by Crippen LogP contribution is -2.39. The topological polar surface area (TPSA) is 113 Å². The van der Waals surface area contributed by atoms with Crippen LogP contribution in [0.4, 0.5) is 4.39 Å². The first-order valence-corrected chi connectivity index (χ1v) is 7.48. The zero-order valence-corrected chi connectivity index (χ0v) is 12.0. The van der Waals surface area contributed by atoms with Crippen LogP contribution in [0.3, 0.4) is 0 Å². The molecule has 0 aliphatic heterocycles. The minimum atomic E-state index is -4.05. The quantitative estimate of drug-likeness (QED) is 0.659. The van der Waals surface area contributed by atoms with Gasteiger partial charge in [-0.05, 0) is 19.1 Å². The van der Waals surface area contributed by atoms with Crippen molar-refractivity contribution in [3.05, 3.63) is 30.1 Å². The van der Waals surface area contributed by atoms with E-state index in [4.69, 9.17) is 5.11 Å². The number of amides is 1. The first-order valence-electron chi connectivity index (χ1n) is 6.00. The van der Waals surface area contributed by atoms with E-state index in [9.17, 15) is 22.4 Å². The van der Waals surface area contributed by atoms with E-state index in [-0.39, 0.29) is 13.0 Å². The molecule has 1 amide bonds. The van der Waals surface area contributed by atoms with Crippen molar-refractivity contribution in [1.29, 1.82) is 0 Å². The van der Waals surface area contributed by atoms with Crippen molar-refractivity contribution in [3.63, 3.8) is 0 Å². The summed E-state index contributed by atoms with van der Waals surface area (Å²) in [7, 11) is -4.05. The summed E-state index contributed by atoms with van der Waals surface area (Å²) in [5.41, 5.74) is 0. The molecule has 1 aromatic rings. The number of sulfonamides is 1. The fourth-order valence-corrected chi connectivity index (χ4v) is 2.52. The minimum Gasteiger partial charge on any atom is -0.480 e. The van der Waals surface area contributed by atoms with Crippen LogP contribution in [0, 0.1) is 5.82 Å². The van der Waals surface area contributed by atoms with Gasteiger partial charge in [-0.1, -0.05) is 12.1 Å². The van der Waals surface area contributed by atoms with Gasteiger partial charge in [0, 0.05) is 13.0 Å². The molecular formula is C12H15FN2O5S. The van der Waals surface area contributed by atoms with Gasteiger partial charge in [-0.3, -0.25) is 9.59 Å². The molecule has 116 valence electrons. The maximum atomic E-state index is 13.4. The number of carbonyl (C=O) groups is 2. The molecule has 7 nitrogen and oxygen atoms in total. The molecular weight excluding hydrogens is 303 g/mol. The highest BCUT2D eigenvalue weighted by atomic mass is 32.2. The highest BCUT2D eigenvalue weighted by molar-refractivity contribution is 7.89. The Balaban J connectivity index is 2.54. The van der Waals surface area contributed by atoms with Gasteiger partial charge < -0.3 is 10.4 Å². The SMILES string of the molecule is C[C@H](NC(=O)CCNS(=O)(=O)c1ccccc1F)C(=O)O. The van der Waals surface area contributed by atoms with Crippen molar-refractivity contribution in [2.75, 3.05) is 6.54 Å². The van der Waals surface area contributed by atoms with Crippen molar-refractivity contribution >= 4 is 21.9 Å². The van der Waals surface area contributed by atoms with E-state index in [0.717, 1.165) is 12.1 Å². The lowest BCUT2D eigenvalue weighted by molar-refractivity contribution is -0.141. The molecule has 0 aromatic heterocycles. The Morgan fingerprint density at radius 2 is 1.95 bits per heavy atom. The molecule has 0 spiro atoms.